The van der Waals surface area contributed by atoms with Crippen molar-refractivity contribution in [3.8, 4) is 0 Å². The third-order valence-corrected chi connectivity index (χ3v) is 6.52. The van der Waals surface area contributed by atoms with Crippen molar-refractivity contribution in [2.24, 2.45) is 11.8 Å². The SMILES string of the molecule is O=C(c1cnc2n[nH]nc2c1)N1CC[C@@H]2CN(C(=O)c3cncs3)C[C@@H]2CC1. The van der Waals surface area contributed by atoms with Crippen LogP contribution in [0.15, 0.2) is 24.0 Å². The van der Waals surface area contributed by atoms with Gasteiger partial charge >= 0.3 is 0 Å². The summed E-state index contributed by atoms with van der Waals surface area (Å²) in [6.07, 6.45) is 5.01. The number of aromatic amines is 1. The van der Waals surface area contributed by atoms with Gasteiger partial charge in [-0.3, -0.25) is 14.6 Å². The Labute approximate surface area is 164 Å². The third kappa shape index (κ3) is 3.03. The van der Waals surface area contributed by atoms with Gasteiger partial charge in [-0.15, -0.1) is 16.4 Å². The van der Waals surface area contributed by atoms with Crippen molar-refractivity contribution in [3.05, 3.63) is 34.4 Å². The van der Waals surface area contributed by atoms with E-state index in [-0.39, 0.29) is 11.8 Å². The number of pyridine rings is 1. The van der Waals surface area contributed by atoms with Crippen molar-refractivity contribution in [2.75, 3.05) is 26.2 Å². The first-order valence-electron chi connectivity index (χ1n) is 9.32. The fraction of sp³-hybridized carbons (Fsp3) is 0.444. The summed E-state index contributed by atoms with van der Waals surface area (Å²) in [5.74, 6) is 0.932. The summed E-state index contributed by atoms with van der Waals surface area (Å²) in [6, 6.07) is 1.73. The topological polar surface area (TPSA) is 108 Å². The molecule has 0 unspecified atom stereocenters. The predicted molar refractivity (Wildman–Crippen MR) is 102 cm³/mol. The summed E-state index contributed by atoms with van der Waals surface area (Å²) in [6.45, 7) is 2.91. The van der Waals surface area contributed by atoms with Gasteiger partial charge in [0.25, 0.3) is 11.8 Å². The lowest BCUT2D eigenvalue weighted by Crippen LogP contribution is -2.34. The van der Waals surface area contributed by atoms with E-state index < -0.39 is 0 Å². The van der Waals surface area contributed by atoms with Crippen LogP contribution in [-0.2, 0) is 0 Å². The van der Waals surface area contributed by atoms with E-state index in [1.807, 2.05) is 9.80 Å². The number of amides is 2. The van der Waals surface area contributed by atoms with Crippen LogP contribution in [0, 0.1) is 11.8 Å². The zero-order chi connectivity index (χ0) is 19.1. The van der Waals surface area contributed by atoms with Gasteiger partial charge in [0.1, 0.15) is 10.4 Å². The molecule has 9 nitrogen and oxygen atoms in total. The first kappa shape index (κ1) is 17.2. The molecule has 2 fully saturated rings. The second kappa shape index (κ2) is 6.93. The largest absolute Gasteiger partial charge is 0.339 e. The predicted octanol–water partition coefficient (Wildman–Crippen LogP) is 1.43. The molecule has 0 bridgehead atoms. The van der Waals surface area contributed by atoms with Crippen LogP contribution < -0.4 is 0 Å². The molecule has 3 aromatic rings. The summed E-state index contributed by atoms with van der Waals surface area (Å²) in [5.41, 5.74) is 3.33. The second-order valence-corrected chi connectivity index (χ2v) is 8.24. The fourth-order valence-electron chi connectivity index (χ4n) is 4.23. The summed E-state index contributed by atoms with van der Waals surface area (Å²) >= 11 is 1.39. The van der Waals surface area contributed by atoms with E-state index >= 15 is 0 Å². The highest BCUT2D eigenvalue weighted by atomic mass is 32.1. The van der Waals surface area contributed by atoms with Gasteiger partial charge in [-0.25, -0.2) is 4.98 Å². The highest BCUT2D eigenvalue weighted by molar-refractivity contribution is 7.11. The normalized spacial score (nSPS) is 22.3. The molecule has 2 saturated heterocycles. The Morgan fingerprint density at radius 2 is 1.82 bits per heavy atom. The fourth-order valence-corrected chi connectivity index (χ4v) is 4.82. The van der Waals surface area contributed by atoms with Gasteiger partial charge < -0.3 is 9.80 Å². The molecule has 0 saturated carbocycles. The summed E-state index contributed by atoms with van der Waals surface area (Å²) in [7, 11) is 0. The molecule has 10 heteroatoms. The number of H-pyrrole nitrogens is 1. The maximum atomic E-state index is 12.9. The number of fused-ring (bicyclic) bond motifs is 2. The average molecular weight is 397 g/mol. The van der Waals surface area contributed by atoms with Crippen LogP contribution in [0.1, 0.15) is 32.9 Å². The van der Waals surface area contributed by atoms with Crippen molar-refractivity contribution >= 4 is 34.3 Å². The minimum atomic E-state index is -0.0186. The molecule has 2 aliphatic heterocycles. The number of carbonyl (C=O) groups excluding carboxylic acids is 2. The summed E-state index contributed by atoms with van der Waals surface area (Å²) in [5, 5.41) is 10.4. The summed E-state index contributed by atoms with van der Waals surface area (Å²) < 4.78 is 0. The van der Waals surface area contributed by atoms with Crippen molar-refractivity contribution in [1.29, 1.82) is 0 Å². The maximum Gasteiger partial charge on any atom is 0.265 e. The number of carbonyl (C=O) groups is 2. The van der Waals surface area contributed by atoms with Crippen molar-refractivity contribution in [1.82, 2.24) is 35.2 Å². The van der Waals surface area contributed by atoms with E-state index in [0.717, 1.165) is 25.9 Å². The summed E-state index contributed by atoms with van der Waals surface area (Å²) in [4.78, 5) is 38.3. The van der Waals surface area contributed by atoms with Gasteiger partial charge in [0.05, 0.1) is 17.3 Å². The lowest BCUT2D eigenvalue weighted by atomic mass is 9.92. The lowest BCUT2D eigenvalue weighted by molar-refractivity contribution is 0.0735. The molecule has 2 amide bonds. The Kier molecular flexibility index (Phi) is 4.27. The van der Waals surface area contributed by atoms with Gasteiger partial charge in [0, 0.05) is 32.4 Å². The highest BCUT2D eigenvalue weighted by Gasteiger charge is 2.38. The molecule has 1 N–H and O–H groups in total. The van der Waals surface area contributed by atoms with Gasteiger partial charge in [-0.05, 0) is 30.7 Å². The van der Waals surface area contributed by atoms with Gasteiger partial charge in [-0.2, -0.15) is 10.3 Å². The van der Waals surface area contributed by atoms with Crippen molar-refractivity contribution in [2.45, 2.75) is 12.8 Å². The molecule has 0 spiro atoms. The van der Waals surface area contributed by atoms with Crippen LogP contribution >= 0.6 is 11.3 Å². The molecule has 2 atom stereocenters. The number of likely N-dealkylation sites (tertiary alicyclic amines) is 2. The van der Waals surface area contributed by atoms with Crippen molar-refractivity contribution < 1.29 is 9.59 Å². The number of nitrogens with one attached hydrogen (secondary N) is 1. The van der Waals surface area contributed by atoms with E-state index in [1.165, 1.54) is 11.3 Å². The van der Waals surface area contributed by atoms with Crippen LogP contribution in [0.5, 0.6) is 0 Å². The van der Waals surface area contributed by atoms with Crippen LogP contribution in [0.4, 0.5) is 0 Å². The van der Waals surface area contributed by atoms with Crippen molar-refractivity contribution in [3.63, 3.8) is 0 Å². The van der Waals surface area contributed by atoms with Gasteiger partial charge in [-0.1, -0.05) is 0 Å². The van der Waals surface area contributed by atoms with Crippen LogP contribution in [0.25, 0.3) is 11.2 Å². The second-order valence-electron chi connectivity index (χ2n) is 7.36. The van der Waals surface area contributed by atoms with E-state index in [4.69, 9.17) is 0 Å². The number of rotatable bonds is 2. The third-order valence-electron chi connectivity index (χ3n) is 5.75. The van der Waals surface area contributed by atoms with Crippen LogP contribution in [0.3, 0.4) is 0 Å². The number of hydrogen-bond acceptors (Lipinski definition) is 7. The minimum Gasteiger partial charge on any atom is -0.339 e. The number of aromatic nitrogens is 5. The minimum absolute atomic E-state index is 0.0186. The molecule has 28 heavy (non-hydrogen) atoms. The lowest BCUT2D eigenvalue weighted by Gasteiger charge is -2.22. The zero-order valence-electron chi connectivity index (χ0n) is 15.1. The molecule has 5 heterocycles. The molecule has 0 aliphatic carbocycles. The standard InChI is InChI=1S/C18H19N7O2S/c26-17(13-5-14-16(20-6-13)22-23-21-14)24-3-1-11-8-25(9-12(11)2-4-24)18(27)15-7-19-10-28-15/h5-7,10-12H,1-4,8-9H2,(H,20,21,22,23)/t11-,12+. The Morgan fingerprint density at radius 1 is 1.04 bits per heavy atom. The monoisotopic (exact) mass is 397 g/mol. The smallest absolute Gasteiger partial charge is 0.265 e. The number of thiazole rings is 1. The quantitative estimate of drug-likeness (QED) is 0.701. The molecule has 3 aromatic heterocycles. The zero-order valence-corrected chi connectivity index (χ0v) is 15.9. The van der Waals surface area contributed by atoms with E-state index in [2.05, 4.69) is 25.4 Å². The van der Waals surface area contributed by atoms with Crippen LogP contribution in [-0.4, -0.2) is 73.2 Å². The Hall–Kier alpha value is -2.88. The maximum absolute atomic E-state index is 12.9. The molecule has 2 aliphatic rings. The van der Waals surface area contributed by atoms with E-state index in [0.29, 0.717) is 46.5 Å². The number of hydrogen-bond donors (Lipinski definition) is 1. The average Bonchev–Trinajstić information content (AvgIpc) is 3.45. The van der Waals surface area contributed by atoms with Gasteiger partial charge in [0.15, 0.2) is 0 Å². The molecule has 0 radical (unpaired) electrons. The van der Waals surface area contributed by atoms with E-state index in [1.54, 1.807) is 24.0 Å². The molecule has 0 aromatic carbocycles. The van der Waals surface area contributed by atoms with Gasteiger partial charge in [0.2, 0.25) is 5.65 Å². The Morgan fingerprint density at radius 3 is 2.54 bits per heavy atom. The molecule has 144 valence electrons. The van der Waals surface area contributed by atoms with Crippen LogP contribution in [0.2, 0.25) is 0 Å². The Bertz CT molecular complexity index is 1000. The highest BCUT2D eigenvalue weighted by Crippen LogP contribution is 2.33. The Balaban J connectivity index is 1.25. The molecular formula is C18H19N7O2S. The first-order chi connectivity index (χ1) is 13.7. The van der Waals surface area contributed by atoms with E-state index in [9.17, 15) is 9.59 Å². The molecular weight excluding hydrogens is 378 g/mol. The number of nitrogens with zero attached hydrogens (tertiary/aromatic N) is 6. The molecule has 5 rings (SSSR count). The first-order valence-corrected chi connectivity index (χ1v) is 10.2.